The van der Waals surface area contributed by atoms with Crippen LogP contribution in [-0.2, 0) is 28.3 Å². The number of aryl methyl sites for hydroxylation is 1. The van der Waals surface area contributed by atoms with Gasteiger partial charge in [0.1, 0.15) is 22.9 Å². The number of anilines is 2. The summed E-state index contributed by atoms with van der Waals surface area (Å²) in [7, 11) is 1.06. The molecule has 314 valence electrons. The Bertz CT molecular complexity index is 2590. The minimum atomic E-state index is -3.85. The number of alkyl halides is 4. The minimum Gasteiger partial charge on any atom is -0.378 e. The number of amides is 1. The molecule has 4 aromatic rings. The van der Waals surface area contributed by atoms with Crippen LogP contribution >= 0.6 is 11.6 Å². The van der Waals surface area contributed by atoms with Gasteiger partial charge in [-0.15, -0.1) is 0 Å². The number of carbonyl (C=O) groups excluding carboxylic acids is 1. The first-order valence-electron chi connectivity index (χ1n) is 18.3. The number of halogens is 7. The third kappa shape index (κ3) is 9.37. The van der Waals surface area contributed by atoms with Crippen molar-refractivity contribution in [3.8, 4) is 23.0 Å². The number of aliphatic hydroxyl groups is 1. The molecule has 0 radical (unpaired) electrons. The monoisotopic (exact) mass is 864 g/mol. The van der Waals surface area contributed by atoms with Gasteiger partial charge in [-0.2, -0.15) is 27.2 Å². The summed E-state index contributed by atoms with van der Waals surface area (Å²) in [5.74, 6) is -0.875. The van der Waals surface area contributed by atoms with Crippen LogP contribution < -0.4 is 14.9 Å². The van der Waals surface area contributed by atoms with E-state index in [9.17, 15) is 35.9 Å². The van der Waals surface area contributed by atoms with Crippen LogP contribution in [-0.4, -0.2) is 89.3 Å². The van der Waals surface area contributed by atoms with Crippen molar-refractivity contribution in [1.29, 1.82) is 0 Å². The van der Waals surface area contributed by atoms with Gasteiger partial charge in [-0.1, -0.05) is 23.6 Å². The summed E-state index contributed by atoms with van der Waals surface area (Å²) in [5, 5.41) is 17.9. The van der Waals surface area contributed by atoms with Crippen molar-refractivity contribution in [1.82, 2.24) is 20.1 Å². The third-order valence-corrected chi connectivity index (χ3v) is 10.6. The van der Waals surface area contributed by atoms with Crippen molar-refractivity contribution in [3.63, 3.8) is 0 Å². The van der Waals surface area contributed by atoms with Crippen LogP contribution in [0.2, 0.25) is 5.02 Å². The largest absolute Gasteiger partial charge is 0.378 e. The maximum Gasteiger partial charge on any atom is 0.330 e. The quantitative estimate of drug-likeness (QED) is 0.0867. The first-order valence-corrected chi connectivity index (χ1v) is 20.6. The van der Waals surface area contributed by atoms with E-state index in [1.54, 1.807) is 31.1 Å². The second kappa shape index (κ2) is 16.1. The molecule has 1 aliphatic carbocycles. The number of allylic oxidation sites excluding steroid dienone is 2. The maximum absolute atomic E-state index is 15.4. The number of hydrogen-bond donors (Lipinski definition) is 3. The highest BCUT2D eigenvalue weighted by Gasteiger charge is 2.57. The van der Waals surface area contributed by atoms with Gasteiger partial charge in [-0.25, -0.2) is 22.2 Å². The van der Waals surface area contributed by atoms with Crippen LogP contribution in [0, 0.1) is 23.5 Å². The number of carbonyl (C=O) groups is 1. The van der Waals surface area contributed by atoms with Crippen molar-refractivity contribution in [2.45, 2.75) is 69.9 Å². The normalized spacial score (nSPS) is 16.0. The Morgan fingerprint density at radius 2 is 1.80 bits per heavy atom. The minimum absolute atomic E-state index is 0.00142. The lowest BCUT2D eigenvalue weighted by Gasteiger charge is -2.27. The van der Waals surface area contributed by atoms with Gasteiger partial charge in [0.15, 0.2) is 5.82 Å². The van der Waals surface area contributed by atoms with Gasteiger partial charge in [0.2, 0.25) is 16.6 Å². The van der Waals surface area contributed by atoms with E-state index in [2.05, 4.69) is 27.0 Å². The number of benzene rings is 2. The highest BCUT2D eigenvalue weighted by molar-refractivity contribution is 7.92. The zero-order chi connectivity index (χ0) is 43.4. The van der Waals surface area contributed by atoms with Crippen LogP contribution in [0.1, 0.15) is 62.5 Å². The first kappa shape index (κ1) is 43.5. The Morgan fingerprint density at radius 3 is 2.41 bits per heavy atom. The predicted octanol–water partition coefficient (Wildman–Crippen LogP) is 6.72. The molecule has 3 N–H and O–H groups in total. The summed E-state index contributed by atoms with van der Waals surface area (Å²) in [6.45, 7) is 1.95. The van der Waals surface area contributed by atoms with Gasteiger partial charge in [0, 0.05) is 44.8 Å². The molecule has 1 unspecified atom stereocenters. The van der Waals surface area contributed by atoms with Crippen LogP contribution in [0.25, 0.3) is 22.0 Å². The number of hydrogen-bond acceptors (Lipinski definition) is 7. The van der Waals surface area contributed by atoms with E-state index < -0.39 is 75.9 Å². The second-order valence-electron chi connectivity index (χ2n) is 15.3. The topological polar surface area (TPSA) is 132 Å². The Hall–Kier alpha value is -5.12. The van der Waals surface area contributed by atoms with E-state index in [1.165, 1.54) is 31.6 Å². The second-order valence-corrected chi connectivity index (χ2v) is 17.4. The molecular formula is C40H41ClF6N7O4S+. The van der Waals surface area contributed by atoms with E-state index in [0.717, 1.165) is 18.4 Å². The lowest BCUT2D eigenvalue weighted by molar-refractivity contribution is -0.496. The number of nitrogens with one attached hydrogen (secondary N) is 2. The smallest absolute Gasteiger partial charge is 0.330 e. The van der Waals surface area contributed by atoms with E-state index in [1.807, 2.05) is 0 Å². The fourth-order valence-corrected chi connectivity index (χ4v) is 8.15. The van der Waals surface area contributed by atoms with Gasteiger partial charge in [0.25, 0.3) is 17.3 Å². The Kier molecular flexibility index (Phi) is 11.9. The fourth-order valence-electron chi connectivity index (χ4n) is 7.41. The molecule has 2 aromatic carbocycles. The third-order valence-electron chi connectivity index (χ3n) is 9.72. The summed E-state index contributed by atoms with van der Waals surface area (Å²) in [4.78, 5) is 20.6. The highest BCUT2D eigenvalue weighted by Crippen LogP contribution is 2.43. The van der Waals surface area contributed by atoms with Crippen molar-refractivity contribution in [3.05, 3.63) is 81.3 Å². The Labute approximate surface area is 341 Å². The molecule has 0 bridgehead atoms. The number of aromatic nitrogens is 3. The SMILES string of the molecule is CN(C)c1cc(-c2ccc(Cl)c3c(NS(C)(=O)=O)nn(C)c23)c(C(Cc2cc(F)cc(F)c2)NC(=O)C[N+]2=C3C(=C2C(F)F)CCCCC3(F)F)nc1C#CC(C)(C)O. The average Bonchev–Trinajstić information content (AvgIpc) is 3.33. The lowest BCUT2D eigenvalue weighted by Crippen LogP contribution is -2.50. The van der Waals surface area contributed by atoms with E-state index >= 15 is 8.78 Å². The first-order chi connectivity index (χ1) is 27.4. The molecule has 2 aliphatic rings. The molecule has 1 fully saturated rings. The molecule has 1 aliphatic heterocycles. The van der Waals surface area contributed by atoms with Crippen LogP contribution in [0.5, 0.6) is 0 Å². The number of fused-ring (bicyclic) bond motifs is 2. The van der Waals surface area contributed by atoms with Crippen LogP contribution in [0.4, 0.5) is 37.8 Å². The van der Waals surface area contributed by atoms with Crippen LogP contribution in [0.3, 0.4) is 0 Å². The van der Waals surface area contributed by atoms with E-state index in [0.29, 0.717) is 27.4 Å². The summed E-state index contributed by atoms with van der Waals surface area (Å²) in [6.07, 6.45) is -2.80. The van der Waals surface area contributed by atoms with Gasteiger partial charge in [-0.05, 0) is 75.3 Å². The Morgan fingerprint density at radius 1 is 1.12 bits per heavy atom. The molecule has 6 rings (SSSR count). The number of rotatable bonds is 11. The molecule has 0 spiro atoms. The zero-order valence-electron chi connectivity index (χ0n) is 32.8. The molecule has 11 nitrogen and oxygen atoms in total. The summed E-state index contributed by atoms with van der Waals surface area (Å²) < 4.78 is 118. The summed E-state index contributed by atoms with van der Waals surface area (Å²) >= 11 is 6.64. The number of nitrogens with zero attached hydrogens (tertiary/aromatic N) is 5. The van der Waals surface area contributed by atoms with Crippen molar-refractivity contribution < 1.29 is 49.2 Å². The van der Waals surface area contributed by atoms with Crippen molar-refractivity contribution >= 4 is 55.7 Å². The summed E-state index contributed by atoms with van der Waals surface area (Å²) in [5.41, 5.74) is -1.57. The molecular weight excluding hydrogens is 824 g/mol. The van der Waals surface area contributed by atoms with Crippen LogP contribution in [0.15, 0.2) is 47.7 Å². The molecule has 59 heavy (non-hydrogen) atoms. The van der Waals surface area contributed by atoms with Crippen molar-refractivity contribution in [2.75, 3.05) is 36.5 Å². The standard InChI is InChI=1S/C40H40ClF6N7O4S/c1-39(2,56)14-12-28-30(52(3)4)19-26(24-10-11-27(41)32-34(24)53(5)50-38(32)51-59(6,57)58)33(49-28)29(17-21-15-22(42)18-23(43)16-21)48-31(55)20-54-35(37(44)45)25-9-7-8-13-40(46,47)36(25)54/h10-11,15-16,18-19,29,37,56H,7-9,13,17,20H2,1-6H3,(H-,48,50,51,55)/p+1. The summed E-state index contributed by atoms with van der Waals surface area (Å²) in [6, 6.07) is 6.05. The molecule has 0 saturated heterocycles. The molecule has 19 heteroatoms. The zero-order valence-corrected chi connectivity index (χ0v) is 34.4. The maximum atomic E-state index is 15.4. The molecule has 1 saturated carbocycles. The van der Waals surface area contributed by atoms with E-state index in [4.69, 9.17) is 16.6 Å². The van der Waals surface area contributed by atoms with Gasteiger partial charge >= 0.3 is 12.3 Å². The molecule has 1 atom stereocenters. The predicted molar refractivity (Wildman–Crippen MR) is 212 cm³/mol. The lowest BCUT2D eigenvalue weighted by atomic mass is 9.92. The molecule has 1 amide bonds. The number of pyridine rings is 1. The molecule has 3 heterocycles. The molecule has 2 aromatic heterocycles. The van der Waals surface area contributed by atoms with Crippen molar-refractivity contribution in [2.24, 2.45) is 7.05 Å². The Balaban J connectivity index is 1.60. The van der Waals surface area contributed by atoms with E-state index in [-0.39, 0.29) is 70.0 Å². The van der Waals surface area contributed by atoms with Gasteiger partial charge < -0.3 is 15.3 Å². The fraction of sp³-hybridized carbons (Fsp3) is 0.400. The average molecular weight is 865 g/mol. The van der Waals surface area contributed by atoms with Gasteiger partial charge in [0.05, 0.1) is 45.2 Å². The highest BCUT2D eigenvalue weighted by atomic mass is 35.5. The number of sulfonamides is 1. The van der Waals surface area contributed by atoms with Gasteiger partial charge in [-0.3, -0.25) is 14.2 Å².